The topological polar surface area (TPSA) is 131 Å². The molecular weight excluding hydrogens is 596 g/mol. The maximum Gasteiger partial charge on any atom is 0.196 e. The summed E-state index contributed by atoms with van der Waals surface area (Å²) in [7, 11) is 0. The molecule has 0 amide bonds. The van der Waals surface area contributed by atoms with Gasteiger partial charge in [0, 0.05) is 11.4 Å². The number of nitrogens with zero attached hydrogens (tertiary/aromatic N) is 6. The Hall–Kier alpha value is -6.68. The average molecular weight is 629 g/mol. The van der Waals surface area contributed by atoms with Crippen molar-refractivity contribution in [2.45, 2.75) is 13.8 Å². The molecule has 0 saturated carbocycles. The zero-order valence-electron chi connectivity index (χ0n) is 26.4. The van der Waals surface area contributed by atoms with Crippen LogP contribution in [0.1, 0.15) is 33.9 Å². The van der Waals surface area contributed by atoms with Crippen LogP contribution in [0.5, 0.6) is 0 Å². The van der Waals surface area contributed by atoms with Gasteiger partial charge in [0.2, 0.25) is 0 Å². The van der Waals surface area contributed by atoms with Gasteiger partial charge in [-0.1, -0.05) is 83.9 Å². The molecule has 0 unspecified atom stereocenters. The van der Waals surface area contributed by atoms with Crippen LogP contribution in [-0.4, -0.2) is 44.0 Å². The molecule has 2 heterocycles. The Balaban J connectivity index is 1.09. The second-order valence-electron chi connectivity index (χ2n) is 11.2. The van der Waals surface area contributed by atoms with Crippen LogP contribution >= 0.6 is 0 Å². The number of hydrogen-bond donors (Lipinski definition) is 4. The van der Waals surface area contributed by atoms with E-state index in [2.05, 4.69) is 54.9 Å². The highest BCUT2D eigenvalue weighted by Gasteiger charge is 2.12. The van der Waals surface area contributed by atoms with E-state index in [0.717, 1.165) is 44.6 Å². The minimum atomic E-state index is 0.507. The van der Waals surface area contributed by atoms with Crippen molar-refractivity contribution in [2.75, 3.05) is 10.6 Å². The predicted molar refractivity (Wildman–Crippen MR) is 196 cm³/mol. The number of hydrogen-bond acceptors (Lipinski definition) is 6. The van der Waals surface area contributed by atoms with E-state index in [0.29, 0.717) is 23.3 Å². The molecule has 48 heavy (non-hydrogen) atoms. The molecule has 0 aliphatic rings. The number of aryl methyl sites for hydroxylation is 2. The first kappa shape index (κ1) is 30.0. The number of anilines is 2. The van der Waals surface area contributed by atoms with Gasteiger partial charge in [0.15, 0.2) is 23.3 Å². The molecule has 0 spiro atoms. The van der Waals surface area contributed by atoms with Crippen molar-refractivity contribution in [2.24, 2.45) is 20.4 Å². The number of amidine groups is 2. The second-order valence-corrected chi connectivity index (χ2v) is 11.2. The normalized spacial score (nSPS) is 12.5. The van der Waals surface area contributed by atoms with Crippen LogP contribution in [0.15, 0.2) is 142 Å². The summed E-state index contributed by atoms with van der Waals surface area (Å²) in [6.07, 6.45) is 3.40. The summed E-state index contributed by atoms with van der Waals surface area (Å²) in [5.74, 6) is 2.21. The average Bonchev–Trinajstić information content (AvgIpc) is 3.75. The monoisotopic (exact) mass is 628 g/mol. The molecular formula is C38H32N10. The third kappa shape index (κ3) is 7.24. The fourth-order valence-corrected chi connectivity index (χ4v) is 4.91. The van der Waals surface area contributed by atoms with Gasteiger partial charge in [-0.25, -0.2) is 9.97 Å². The molecule has 7 rings (SSSR count). The fourth-order valence-electron chi connectivity index (χ4n) is 4.91. The van der Waals surface area contributed by atoms with Crippen molar-refractivity contribution in [3.8, 4) is 0 Å². The molecule has 0 radical (unpaired) electrons. The lowest BCUT2D eigenvalue weighted by Crippen LogP contribution is -2.15. The Morgan fingerprint density at radius 2 is 0.917 bits per heavy atom. The highest BCUT2D eigenvalue weighted by molar-refractivity contribution is 6.08. The molecule has 10 nitrogen and oxygen atoms in total. The van der Waals surface area contributed by atoms with E-state index < -0.39 is 0 Å². The van der Waals surface area contributed by atoms with Crippen LogP contribution in [0, 0.1) is 13.8 Å². The minimum absolute atomic E-state index is 0.507. The quantitative estimate of drug-likeness (QED) is 0.0776. The number of aromatic amines is 2. The van der Waals surface area contributed by atoms with Crippen LogP contribution in [0.4, 0.5) is 11.4 Å². The molecule has 0 saturated heterocycles. The maximum absolute atomic E-state index is 4.70. The summed E-state index contributed by atoms with van der Waals surface area (Å²) >= 11 is 0. The molecule has 0 fully saturated rings. The van der Waals surface area contributed by atoms with Crippen molar-refractivity contribution in [1.82, 2.24) is 19.9 Å². The largest absolute Gasteiger partial charge is 0.336 e. The molecule has 234 valence electrons. The first-order valence-corrected chi connectivity index (χ1v) is 15.5. The van der Waals surface area contributed by atoms with E-state index in [9.17, 15) is 0 Å². The summed E-state index contributed by atoms with van der Waals surface area (Å²) in [5, 5.41) is 24.5. The van der Waals surface area contributed by atoms with Crippen molar-refractivity contribution >= 4 is 57.5 Å². The first-order valence-electron chi connectivity index (χ1n) is 15.5. The number of fused-ring (bicyclic) bond motifs is 2. The number of nitrogens with one attached hydrogen (secondary N) is 4. The number of H-pyrrole nitrogens is 2. The molecule has 5 aromatic carbocycles. The van der Waals surface area contributed by atoms with Gasteiger partial charge in [-0.05, 0) is 73.5 Å². The molecule has 10 heteroatoms. The van der Waals surface area contributed by atoms with E-state index in [1.54, 1.807) is 12.4 Å². The summed E-state index contributed by atoms with van der Waals surface area (Å²) in [6, 6.07) is 39.7. The number of aromatic nitrogens is 4. The SMILES string of the molecule is Cc1ccc(NC(=NN=Cc2ccc(C=NN=C(Nc3ccc(C)cc3)c3nc4ccccc4[nH]3)cc2)c2nc3ccccc3[nH]2)cc1. The molecule has 0 atom stereocenters. The third-order valence-corrected chi connectivity index (χ3v) is 7.52. The lowest BCUT2D eigenvalue weighted by Gasteiger charge is -2.07. The zero-order valence-corrected chi connectivity index (χ0v) is 26.4. The standard InChI is InChI=1S/C38H32N10/c1-25-11-19-29(20-12-25)41-37(35-43-31-7-3-4-8-32(31)44-35)47-39-23-27-15-17-28(18-16-27)24-40-48-38(42-30-21-13-26(2)14-22-30)36-45-33-9-5-6-10-34(33)46-36/h3-24H,1-2H3,(H,41,47)(H,42,48)(H,43,44)(H,45,46). The Morgan fingerprint density at radius 3 is 1.31 bits per heavy atom. The van der Waals surface area contributed by atoms with E-state index >= 15 is 0 Å². The highest BCUT2D eigenvalue weighted by atomic mass is 15.3. The summed E-state index contributed by atoms with van der Waals surface area (Å²) < 4.78 is 0. The van der Waals surface area contributed by atoms with E-state index in [-0.39, 0.29) is 0 Å². The lowest BCUT2D eigenvalue weighted by molar-refractivity contribution is 1.19. The molecule has 2 aromatic heterocycles. The zero-order chi connectivity index (χ0) is 32.7. The van der Waals surface area contributed by atoms with E-state index in [4.69, 9.17) is 9.97 Å². The van der Waals surface area contributed by atoms with E-state index in [1.807, 2.05) is 121 Å². The van der Waals surface area contributed by atoms with Crippen LogP contribution in [-0.2, 0) is 0 Å². The molecule has 0 aliphatic carbocycles. The van der Waals surface area contributed by atoms with Gasteiger partial charge in [-0.3, -0.25) is 0 Å². The van der Waals surface area contributed by atoms with Gasteiger partial charge >= 0.3 is 0 Å². The van der Waals surface area contributed by atoms with Crippen LogP contribution in [0.3, 0.4) is 0 Å². The predicted octanol–water partition coefficient (Wildman–Crippen LogP) is 7.84. The van der Waals surface area contributed by atoms with Crippen molar-refractivity contribution in [3.05, 3.63) is 155 Å². The van der Waals surface area contributed by atoms with Crippen molar-refractivity contribution in [3.63, 3.8) is 0 Å². The lowest BCUT2D eigenvalue weighted by atomic mass is 10.2. The smallest absolute Gasteiger partial charge is 0.196 e. The van der Waals surface area contributed by atoms with Crippen LogP contribution in [0.2, 0.25) is 0 Å². The molecule has 4 N–H and O–H groups in total. The Kier molecular flexibility index (Phi) is 8.60. The van der Waals surface area contributed by atoms with E-state index in [1.165, 1.54) is 11.1 Å². The number of benzene rings is 5. The Bertz CT molecular complexity index is 2060. The van der Waals surface area contributed by atoms with Crippen LogP contribution < -0.4 is 10.6 Å². The second kappa shape index (κ2) is 13.8. The molecule has 0 bridgehead atoms. The Labute approximate surface area is 277 Å². The van der Waals surface area contributed by atoms with Gasteiger partial charge in [0.1, 0.15) is 0 Å². The number of para-hydroxylation sites is 4. The number of imidazole rings is 2. The fraction of sp³-hybridized carbons (Fsp3) is 0.0526. The van der Waals surface area contributed by atoms with Gasteiger partial charge < -0.3 is 20.6 Å². The van der Waals surface area contributed by atoms with Gasteiger partial charge in [-0.15, -0.1) is 10.2 Å². The summed E-state index contributed by atoms with van der Waals surface area (Å²) in [5.41, 5.74) is 9.43. The molecule has 0 aliphatic heterocycles. The molecule has 7 aromatic rings. The van der Waals surface area contributed by atoms with Gasteiger partial charge in [0.25, 0.3) is 0 Å². The highest BCUT2D eigenvalue weighted by Crippen LogP contribution is 2.16. The van der Waals surface area contributed by atoms with Crippen molar-refractivity contribution < 1.29 is 0 Å². The van der Waals surface area contributed by atoms with Crippen LogP contribution in [0.25, 0.3) is 22.1 Å². The summed E-state index contributed by atoms with van der Waals surface area (Å²) in [4.78, 5) is 16.1. The first-order chi connectivity index (χ1) is 23.6. The maximum atomic E-state index is 4.70. The Morgan fingerprint density at radius 1 is 0.521 bits per heavy atom. The third-order valence-electron chi connectivity index (χ3n) is 7.52. The summed E-state index contributed by atoms with van der Waals surface area (Å²) in [6.45, 7) is 4.10. The van der Waals surface area contributed by atoms with Gasteiger partial charge in [0.05, 0.1) is 34.5 Å². The number of rotatable bonds is 8. The van der Waals surface area contributed by atoms with Gasteiger partial charge in [-0.2, -0.15) is 10.2 Å². The minimum Gasteiger partial charge on any atom is -0.336 e. The van der Waals surface area contributed by atoms with Crippen molar-refractivity contribution in [1.29, 1.82) is 0 Å².